The number of hydrogen-bond donors (Lipinski definition) is 1. The SMILES string of the molecule is COc1ccccc1N1CCN(CCCc2ccccc2S(N)(=O)=O)CC1. The zero-order valence-corrected chi connectivity index (χ0v) is 16.5. The number of methoxy groups -OCH3 is 1. The first-order valence-electron chi connectivity index (χ1n) is 9.20. The van der Waals surface area contributed by atoms with Crippen LogP contribution in [0.5, 0.6) is 5.75 Å². The molecule has 0 spiro atoms. The molecule has 2 N–H and O–H groups in total. The van der Waals surface area contributed by atoms with Crippen molar-refractivity contribution in [2.75, 3.05) is 44.7 Å². The number of anilines is 1. The van der Waals surface area contributed by atoms with Gasteiger partial charge in [-0.05, 0) is 43.1 Å². The maximum absolute atomic E-state index is 11.7. The van der Waals surface area contributed by atoms with Gasteiger partial charge in [0.15, 0.2) is 0 Å². The Hall–Kier alpha value is -2.09. The van der Waals surface area contributed by atoms with Crippen LogP contribution >= 0.6 is 0 Å². The molecule has 1 saturated heterocycles. The molecular formula is C20H27N3O3S. The van der Waals surface area contributed by atoms with Gasteiger partial charge in [0.2, 0.25) is 10.0 Å². The lowest BCUT2D eigenvalue weighted by molar-refractivity contribution is 0.254. The summed E-state index contributed by atoms with van der Waals surface area (Å²) in [5, 5.41) is 5.31. The normalized spacial score (nSPS) is 15.7. The third-order valence-corrected chi connectivity index (χ3v) is 6.01. The molecule has 0 atom stereocenters. The highest BCUT2D eigenvalue weighted by molar-refractivity contribution is 7.89. The van der Waals surface area contributed by atoms with Gasteiger partial charge < -0.3 is 9.64 Å². The van der Waals surface area contributed by atoms with Crippen molar-refractivity contribution >= 4 is 15.7 Å². The molecule has 27 heavy (non-hydrogen) atoms. The van der Waals surface area contributed by atoms with Gasteiger partial charge in [0.25, 0.3) is 0 Å². The van der Waals surface area contributed by atoms with E-state index in [1.54, 1.807) is 19.2 Å². The fourth-order valence-electron chi connectivity index (χ4n) is 3.58. The number of ether oxygens (including phenoxy) is 1. The Bertz CT molecular complexity index is 862. The van der Waals surface area contributed by atoms with E-state index in [0.29, 0.717) is 6.42 Å². The summed E-state index contributed by atoms with van der Waals surface area (Å²) in [7, 11) is -1.96. The number of hydrogen-bond acceptors (Lipinski definition) is 5. The topological polar surface area (TPSA) is 75.9 Å². The number of nitrogens with two attached hydrogens (primary N) is 1. The molecule has 0 bridgehead atoms. The molecule has 146 valence electrons. The summed E-state index contributed by atoms with van der Waals surface area (Å²) in [5.41, 5.74) is 1.94. The largest absolute Gasteiger partial charge is 0.495 e. The Morgan fingerprint density at radius 1 is 1.00 bits per heavy atom. The Kier molecular flexibility index (Phi) is 6.36. The van der Waals surface area contributed by atoms with Gasteiger partial charge in [-0.1, -0.05) is 30.3 Å². The quantitative estimate of drug-likeness (QED) is 0.785. The van der Waals surface area contributed by atoms with E-state index >= 15 is 0 Å². The third kappa shape index (κ3) is 5.00. The lowest BCUT2D eigenvalue weighted by Gasteiger charge is -2.36. The number of primary sulfonamides is 1. The predicted octanol–water partition coefficient (Wildman–Crippen LogP) is 2.10. The van der Waals surface area contributed by atoms with E-state index in [2.05, 4.69) is 15.9 Å². The van der Waals surface area contributed by atoms with Crippen molar-refractivity contribution in [3.8, 4) is 5.75 Å². The van der Waals surface area contributed by atoms with Crippen molar-refractivity contribution in [2.45, 2.75) is 17.7 Å². The summed E-state index contributed by atoms with van der Waals surface area (Å²) < 4.78 is 28.8. The lowest BCUT2D eigenvalue weighted by atomic mass is 10.1. The van der Waals surface area contributed by atoms with Gasteiger partial charge in [-0.2, -0.15) is 0 Å². The molecule has 1 heterocycles. The molecule has 0 aliphatic carbocycles. The van der Waals surface area contributed by atoms with Crippen molar-refractivity contribution < 1.29 is 13.2 Å². The second kappa shape index (κ2) is 8.73. The number of sulfonamides is 1. The van der Waals surface area contributed by atoms with Gasteiger partial charge in [0, 0.05) is 26.2 Å². The molecule has 0 saturated carbocycles. The standard InChI is InChI=1S/C20H27N3O3S/c1-26-19-10-4-3-9-18(19)23-15-13-22(14-16-23)12-6-8-17-7-2-5-11-20(17)27(21,24)25/h2-5,7,9-11H,6,8,12-16H2,1H3,(H2,21,24,25). The maximum atomic E-state index is 11.7. The zero-order valence-electron chi connectivity index (χ0n) is 15.7. The van der Waals surface area contributed by atoms with Gasteiger partial charge in [0.1, 0.15) is 5.75 Å². The fourth-order valence-corrected chi connectivity index (χ4v) is 4.39. The van der Waals surface area contributed by atoms with E-state index in [1.807, 2.05) is 30.3 Å². The van der Waals surface area contributed by atoms with Crippen molar-refractivity contribution in [2.24, 2.45) is 5.14 Å². The summed E-state index contributed by atoms with van der Waals surface area (Å²) in [6.45, 7) is 4.81. The van der Waals surface area contributed by atoms with Gasteiger partial charge in [0.05, 0.1) is 17.7 Å². The Labute approximate surface area is 161 Å². The number of para-hydroxylation sites is 2. The van der Waals surface area contributed by atoms with Crippen LogP contribution in [0.2, 0.25) is 0 Å². The highest BCUT2D eigenvalue weighted by Crippen LogP contribution is 2.28. The van der Waals surface area contributed by atoms with E-state index in [-0.39, 0.29) is 4.90 Å². The number of benzene rings is 2. The Morgan fingerprint density at radius 2 is 1.67 bits per heavy atom. The molecule has 1 aliphatic rings. The highest BCUT2D eigenvalue weighted by Gasteiger charge is 2.19. The van der Waals surface area contributed by atoms with Crippen LogP contribution in [-0.4, -0.2) is 53.2 Å². The summed E-state index contributed by atoms with van der Waals surface area (Å²) in [4.78, 5) is 5.02. The minimum absolute atomic E-state index is 0.242. The van der Waals surface area contributed by atoms with Gasteiger partial charge in [-0.15, -0.1) is 0 Å². The molecule has 0 unspecified atom stereocenters. The Morgan fingerprint density at radius 3 is 2.37 bits per heavy atom. The predicted molar refractivity (Wildman–Crippen MR) is 108 cm³/mol. The van der Waals surface area contributed by atoms with E-state index in [1.165, 1.54) is 0 Å². The van der Waals surface area contributed by atoms with Crippen molar-refractivity contribution in [1.29, 1.82) is 0 Å². The van der Waals surface area contributed by atoms with Crippen LogP contribution in [0, 0.1) is 0 Å². The number of aryl methyl sites for hydroxylation is 1. The molecular weight excluding hydrogens is 362 g/mol. The van der Waals surface area contributed by atoms with Crippen LogP contribution in [0.25, 0.3) is 0 Å². The van der Waals surface area contributed by atoms with Crippen LogP contribution < -0.4 is 14.8 Å². The van der Waals surface area contributed by atoms with Gasteiger partial charge in [-0.3, -0.25) is 4.90 Å². The third-order valence-electron chi connectivity index (χ3n) is 5.00. The first-order chi connectivity index (χ1) is 13.0. The minimum Gasteiger partial charge on any atom is -0.495 e. The Balaban J connectivity index is 1.51. The zero-order chi connectivity index (χ0) is 19.3. The van der Waals surface area contributed by atoms with Crippen molar-refractivity contribution in [3.63, 3.8) is 0 Å². The van der Waals surface area contributed by atoms with Crippen LogP contribution in [0.1, 0.15) is 12.0 Å². The van der Waals surface area contributed by atoms with Crippen LogP contribution in [0.3, 0.4) is 0 Å². The molecule has 1 aliphatic heterocycles. The average molecular weight is 390 g/mol. The van der Waals surface area contributed by atoms with E-state index in [0.717, 1.165) is 56.1 Å². The summed E-state index contributed by atoms with van der Waals surface area (Å²) >= 11 is 0. The fraction of sp³-hybridized carbons (Fsp3) is 0.400. The molecule has 7 heteroatoms. The highest BCUT2D eigenvalue weighted by atomic mass is 32.2. The minimum atomic E-state index is -3.67. The van der Waals surface area contributed by atoms with Crippen LogP contribution in [0.4, 0.5) is 5.69 Å². The van der Waals surface area contributed by atoms with Crippen LogP contribution in [0.15, 0.2) is 53.4 Å². The monoisotopic (exact) mass is 389 g/mol. The molecule has 2 aromatic carbocycles. The summed E-state index contributed by atoms with van der Waals surface area (Å²) in [6, 6.07) is 15.1. The second-order valence-electron chi connectivity index (χ2n) is 6.76. The van der Waals surface area contributed by atoms with Crippen molar-refractivity contribution in [3.05, 3.63) is 54.1 Å². The number of piperazine rings is 1. The molecule has 0 aromatic heterocycles. The van der Waals surface area contributed by atoms with E-state index in [4.69, 9.17) is 9.88 Å². The lowest BCUT2D eigenvalue weighted by Crippen LogP contribution is -2.46. The van der Waals surface area contributed by atoms with E-state index in [9.17, 15) is 8.42 Å². The summed E-state index contributed by atoms with van der Waals surface area (Å²) in [5.74, 6) is 0.908. The van der Waals surface area contributed by atoms with E-state index < -0.39 is 10.0 Å². The number of rotatable bonds is 7. The van der Waals surface area contributed by atoms with Crippen LogP contribution in [-0.2, 0) is 16.4 Å². The molecule has 3 rings (SSSR count). The first-order valence-corrected chi connectivity index (χ1v) is 10.7. The first kappa shape index (κ1) is 19.7. The smallest absolute Gasteiger partial charge is 0.238 e. The summed E-state index contributed by atoms with van der Waals surface area (Å²) in [6.07, 6.45) is 1.61. The average Bonchev–Trinajstić information content (AvgIpc) is 2.68. The molecule has 0 radical (unpaired) electrons. The molecule has 6 nitrogen and oxygen atoms in total. The number of nitrogens with zero attached hydrogens (tertiary/aromatic N) is 2. The molecule has 0 amide bonds. The molecule has 1 fully saturated rings. The van der Waals surface area contributed by atoms with Crippen molar-refractivity contribution in [1.82, 2.24) is 4.90 Å². The van der Waals surface area contributed by atoms with Gasteiger partial charge in [-0.25, -0.2) is 13.6 Å². The second-order valence-corrected chi connectivity index (χ2v) is 8.29. The maximum Gasteiger partial charge on any atom is 0.238 e. The van der Waals surface area contributed by atoms with Gasteiger partial charge >= 0.3 is 0 Å². The molecule has 2 aromatic rings.